The number of hydrogen-bond donors (Lipinski definition) is 3. The van der Waals surface area contributed by atoms with E-state index in [4.69, 9.17) is 5.84 Å². The highest BCUT2D eigenvalue weighted by molar-refractivity contribution is 5.79. The van der Waals surface area contributed by atoms with Crippen molar-refractivity contribution in [1.29, 1.82) is 0 Å². The van der Waals surface area contributed by atoms with E-state index in [9.17, 15) is 0 Å². The zero-order valence-corrected chi connectivity index (χ0v) is 9.15. The molecular weight excluding hydrogens is 164 g/mol. The number of hydrogen-bond acceptors (Lipinski definition) is 2. The Hall–Kier alpha value is -0.770. The van der Waals surface area contributed by atoms with Gasteiger partial charge < -0.3 is 5.32 Å². The lowest BCUT2D eigenvalue weighted by molar-refractivity contribution is 0.336. The minimum atomic E-state index is 0.126. The lowest BCUT2D eigenvalue weighted by atomic mass is 9.90. The number of rotatable bonds is 4. The van der Waals surface area contributed by atoms with Crippen molar-refractivity contribution in [3.05, 3.63) is 0 Å². The summed E-state index contributed by atoms with van der Waals surface area (Å²) in [5.41, 5.74) is 2.68. The molecule has 0 rings (SSSR count). The molecule has 0 aromatic heterocycles. The van der Waals surface area contributed by atoms with Crippen molar-refractivity contribution in [2.75, 3.05) is 7.05 Å². The summed E-state index contributed by atoms with van der Waals surface area (Å²) in [6, 6.07) is 0. The number of hydrazine groups is 1. The molecule has 0 bridgehead atoms. The van der Waals surface area contributed by atoms with Crippen molar-refractivity contribution in [1.82, 2.24) is 10.7 Å². The predicted octanol–water partition coefficient (Wildman–Crippen LogP) is 0.994. The summed E-state index contributed by atoms with van der Waals surface area (Å²) < 4.78 is 0. The summed E-state index contributed by atoms with van der Waals surface area (Å²) in [5.74, 6) is 5.97. The maximum Gasteiger partial charge on any atom is 0.205 e. The zero-order valence-electron chi connectivity index (χ0n) is 9.15. The summed E-state index contributed by atoms with van der Waals surface area (Å²) in [4.78, 5) is 4.00. The fraction of sp³-hybridized carbons (Fsp3) is 0.889. The van der Waals surface area contributed by atoms with E-state index in [1.54, 1.807) is 7.05 Å². The molecule has 0 aliphatic heterocycles. The van der Waals surface area contributed by atoms with Crippen LogP contribution in [0.15, 0.2) is 4.99 Å². The third-order valence-corrected chi connectivity index (χ3v) is 2.77. The van der Waals surface area contributed by atoms with Gasteiger partial charge in [-0.05, 0) is 19.3 Å². The Kier molecular flexibility index (Phi) is 5.46. The summed E-state index contributed by atoms with van der Waals surface area (Å²) >= 11 is 0. The molecule has 4 nitrogen and oxygen atoms in total. The van der Waals surface area contributed by atoms with Crippen LogP contribution in [0.2, 0.25) is 0 Å². The smallest absolute Gasteiger partial charge is 0.205 e. The van der Waals surface area contributed by atoms with Crippen molar-refractivity contribution in [3.8, 4) is 0 Å². The third-order valence-electron chi connectivity index (χ3n) is 2.77. The van der Waals surface area contributed by atoms with E-state index in [0.29, 0.717) is 5.96 Å². The normalized spacial score (nSPS) is 12.8. The fourth-order valence-corrected chi connectivity index (χ4v) is 1.42. The molecule has 0 radical (unpaired) electrons. The van der Waals surface area contributed by atoms with Crippen molar-refractivity contribution in [3.63, 3.8) is 0 Å². The van der Waals surface area contributed by atoms with Gasteiger partial charge in [0, 0.05) is 12.6 Å². The van der Waals surface area contributed by atoms with Gasteiger partial charge in [-0.1, -0.05) is 20.8 Å². The first-order chi connectivity index (χ1) is 6.17. The minimum absolute atomic E-state index is 0.126. The van der Waals surface area contributed by atoms with E-state index in [-0.39, 0.29) is 5.54 Å². The first kappa shape index (κ1) is 12.2. The molecule has 0 aliphatic rings. The second-order valence-corrected chi connectivity index (χ2v) is 3.18. The Balaban J connectivity index is 4.40. The van der Waals surface area contributed by atoms with Gasteiger partial charge in [-0.3, -0.25) is 10.4 Å². The maximum atomic E-state index is 5.31. The van der Waals surface area contributed by atoms with Crippen LogP contribution in [-0.4, -0.2) is 18.5 Å². The van der Waals surface area contributed by atoms with E-state index in [1.807, 2.05) is 0 Å². The van der Waals surface area contributed by atoms with Gasteiger partial charge in [0.2, 0.25) is 5.96 Å². The first-order valence-electron chi connectivity index (χ1n) is 4.89. The molecule has 78 valence electrons. The first-order valence-corrected chi connectivity index (χ1v) is 4.89. The minimum Gasteiger partial charge on any atom is -0.350 e. The molecule has 0 spiro atoms. The van der Waals surface area contributed by atoms with Crippen molar-refractivity contribution in [2.24, 2.45) is 10.8 Å². The highest BCUT2D eigenvalue weighted by atomic mass is 15.3. The Bertz CT molecular complexity index is 153. The maximum absolute atomic E-state index is 5.31. The molecule has 13 heavy (non-hydrogen) atoms. The van der Waals surface area contributed by atoms with Crippen LogP contribution in [0.4, 0.5) is 0 Å². The highest BCUT2D eigenvalue weighted by Gasteiger charge is 2.24. The Morgan fingerprint density at radius 1 is 1.23 bits per heavy atom. The van der Waals surface area contributed by atoms with Crippen LogP contribution < -0.4 is 16.6 Å². The SMILES string of the molecule is CCC(CC)(CC)NC(=NC)NN. The summed E-state index contributed by atoms with van der Waals surface area (Å²) in [5, 5.41) is 3.33. The van der Waals surface area contributed by atoms with E-state index in [0.717, 1.165) is 19.3 Å². The van der Waals surface area contributed by atoms with Crippen LogP contribution in [0.5, 0.6) is 0 Å². The van der Waals surface area contributed by atoms with Gasteiger partial charge in [-0.25, -0.2) is 5.84 Å². The average Bonchev–Trinajstić information content (AvgIpc) is 2.21. The van der Waals surface area contributed by atoms with Gasteiger partial charge in [-0.15, -0.1) is 0 Å². The van der Waals surface area contributed by atoms with E-state index in [1.165, 1.54) is 0 Å². The number of nitrogens with zero attached hydrogens (tertiary/aromatic N) is 1. The molecule has 0 amide bonds. The van der Waals surface area contributed by atoms with Crippen LogP contribution in [0.1, 0.15) is 40.0 Å². The number of nitrogens with one attached hydrogen (secondary N) is 2. The fourth-order valence-electron chi connectivity index (χ4n) is 1.42. The summed E-state index contributed by atoms with van der Waals surface area (Å²) in [6.45, 7) is 6.51. The molecule has 0 aromatic carbocycles. The molecule has 0 atom stereocenters. The van der Waals surface area contributed by atoms with Gasteiger partial charge >= 0.3 is 0 Å². The molecule has 0 heterocycles. The standard InChI is InChI=1S/C9H22N4/c1-5-9(6-2,7-3)12-8(11-4)13-10/h5-7,10H2,1-4H3,(H2,11,12,13). The van der Waals surface area contributed by atoms with Gasteiger partial charge in [0.05, 0.1) is 0 Å². The van der Waals surface area contributed by atoms with E-state index >= 15 is 0 Å². The predicted molar refractivity (Wildman–Crippen MR) is 57.4 cm³/mol. The quantitative estimate of drug-likeness (QED) is 0.265. The second-order valence-electron chi connectivity index (χ2n) is 3.18. The molecule has 0 aliphatic carbocycles. The lowest BCUT2D eigenvalue weighted by Gasteiger charge is -2.32. The van der Waals surface area contributed by atoms with Crippen molar-refractivity contribution in [2.45, 2.75) is 45.6 Å². The number of guanidine groups is 1. The molecule has 0 fully saturated rings. The Labute approximate surface area is 81.0 Å². The molecule has 4 heteroatoms. The van der Waals surface area contributed by atoms with Crippen LogP contribution in [-0.2, 0) is 0 Å². The second kappa shape index (κ2) is 5.80. The highest BCUT2D eigenvalue weighted by Crippen LogP contribution is 2.18. The Morgan fingerprint density at radius 3 is 1.92 bits per heavy atom. The summed E-state index contributed by atoms with van der Waals surface area (Å²) in [6.07, 6.45) is 3.21. The van der Waals surface area contributed by atoms with Gasteiger partial charge in [0.1, 0.15) is 0 Å². The molecular formula is C9H22N4. The molecule has 0 unspecified atom stereocenters. The van der Waals surface area contributed by atoms with Crippen molar-refractivity contribution < 1.29 is 0 Å². The zero-order chi connectivity index (χ0) is 10.3. The lowest BCUT2D eigenvalue weighted by Crippen LogP contribution is -2.53. The molecule has 0 aromatic rings. The topological polar surface area (TPSA) is 62.4 Å². The van der Waals surface area contributed by atoms with Crippen LogP contribution in [0, 0.1) is 0 Å². The average molecular weight is 186 g/mol. The van der Waals surface area contributed by atoms with Crippen LogP contribution >= 0.6 is 0 Å². The van der Waals surface area contributed by atoms with Crippen LogP contribution in [0.25, 0.3) is 0 Å². The largest absolute Gasteiger partial charge is 0.350 e. The van der Waals surface area contributed by atoms with E-state index < -0.39 is 0 Å². The monoisotopic (exact) mass is 186 g/mol. The summed E-state index contributed by atoms with van der Waals surface area (Å²) in [7, 11) is 1.72. The molecule has 4 N–H and O–H groups in total. The van der Waals surface area contributed by atoms with Gasteiger partial charge in [0.15, 0.2) is 0 Å². The number of nitrogens with two attached hydrogens (primary N) is 1. The molecule has 0 saturated carbocycles. The van der Waals surface area contributed by atoms with Gasteiger partial charge in [-0.2, -0.15) is 0 Å². The third kappa shape index (κ3) is 3.22. The molecule has 0 saturated heterocycles. The Morgan fingerprint density at radius 2 is 1.69 bits per heavy atom. The van der Waals surface area contributed by atoms with Crippen molar-refractivity contribution >= 4 is 5.96 Å². The van der Waals surface area contributed by atoms with Gasteiger partial charge in [0.25, 0.3) is 0 Å². The number of aliphatic imine (C=N–C) groups is 1. The van der Waals surface area contributed by atoms with Crippen LogP contribution in [0.3, 0.4) is 0 Å². The van der Waals surface area contributed by atoms with E-state index in [2.05, 4.69) is 36.5 Å².